The third-order valence-electron chi connectivity index (χ3n) is 6.20. The molecule has 35 heavy (non-hydrogen) atoms. The predicted octanol–water partition coefficient (Wildman–Crippen LogP) is 5.68. The second kappa shape index (κ2) is 9.96. The van der Waals surface area contributed by atoms with Crippen molar-refractivity contribution in [1.82, 2.24) is 24.8 Å². The van der Waals surface area contributed by atoms with E-state index in [0.29, 0.717) is 11.8 Å². The van der Waals surface area contributed by atoms with Crippen LogP contribution in [0.2, 0.25) is 0 Å². The molecule has 10 heteroatoms. The van der Waals surface area contributed by atoms with E-state index in [1.165, 1.54) is 16.7 Å². The second-order valence-electron chi connectivity index (χ2n) is 8.63. The van der Waals surface area contributed by atoms with Crippen molar-refractivity contribution in [3.63, 3.8) is 0 Å². The van der Waals surface area contributed by atoms with Gasteiger partial charge in [0.05, 0.1) is 21.4 Å². The van der Waals surface area contributed by atoms with Crippen molar-refractivity contribution in [2.45, 2.75) is 19.9 Å². The second-order valence-corrected chi connectivity index (χ2v) is 10.4. The molecule has 2 aromatic heterocycles. The van der Waals surface area contributed by atoms with Gasteiger partial charge in [-0.25, -0.2) is 4.98 Å². The molecule has 8 nitrogen and oxygen atoms in total. The van der Waals surface area contributed by atoms with Crippen LogP contribution < -0.4 is 14.9 Å². The SMILES string of the molecule is CSN(C)c1c(Nc2nc(Nc3cc4c(cc3C)CCN(C)C4)ncc2Br)ccc2nccnc12. The molecule has 0 spiro atoms. The summed E-state index contributed by atoms with van der Waals surface area (Å²) in [5.41, 5.74) is 8.48. The fourth-order valence-corrected chi connectivity index (χ4v) is 4.96. The Hall–Kier alpha value is -2.95. The van der Waals surface area contributed by atoms with E-state index in [0.717, 1.165) is 52.1 Å². The molecule has 0 atom stereocenters. The molecule has 3 heterocycles. The number of halogens is 1. The van der Waals surface area contributed by atoms with E-state index in [2.05, 4.69) is 76.8 Å². The van der Waals surface area contributed by atoms with Crippen molar-refractivity contribution < 1.29 is 0 Å². The Morgan fingerprint density at radius 3 is 2.71 bits per heavy atom. The predicted molar refractivity (Wildman–Crippen MR) is 149 cm³/mol. The average Bonchev–Trinajstić information content (AvgIpc) is 2.86. The third kappa shape index (κ3) is 4.91. The highest BCUT2D eigenvalue weighted by atomic mass is 79.9. The maximum absolute atomic E-state index is 4.79. The van der Waals surface area contributed by atoms with Gasteiger partial charge in [-0.05, 0) is 71.2 Å². The zero-order valence-corrected chi connectivity index (χ0v) is 22.5. The number of nitrogens with one attached hydrogen (secondary N) is 2. The molecule has 0 radical (unpaired) electrons. The van der Waals surface area contributed by atoms with Gasteiger partial charge in [-0.3, -0.25) is 9.97 Å². The van der Waals surface area contributed by atoms with Crippen LogP contribution in [0.15, 0.2) is 47.3 Å². The van der Waals surface area contributed by atoms with Crippen molar-refractivity contribution in [1.29, 1.82) is 0 Å². The fourth-order valence-electron chi connectivity index (χ4n) is 4.30. The summed E-state index contributed by atoms with van der Waals surface area (Å²) in [5, 5.41) is 6.91. The van der Waals surface area contributed by atoms with Crippen molar-refractivity contribution >= 4 is 67.7 Å². The molecule has 2 N–H and O–H groups in total. The number of aryl methyl sites for hydroxylation is 1. The molecule has 1 aliphatic rings. The molecule has 0 saturated carbocycles. The molecule has 0 unspecified atom stereocenters. The lowest BCUT2D eigenvalue weighted by Crippen LogP contribution is -2.26. The van der Waals surface area contributed by atoms with Crippen LogP contribution in [0.5, 0.6) is 0 Å². The number of fused-ring (bicyclic) bond motifs is 2. The molecule has 0 amide bonds. The summed E-state index contributed by atoms with van der Waals surface area (Å²) >= 11 is 5.21. The van der Waals surface area contributed by atoms with Gasteiger partial charge in [0, 0.05) is 50.7 Å². The van der Waals surface area contributed by atoms with Gasteiger partial charge in [0.25, 0.3) is 0 Å². The summed E-state index contributed by atoms with van der Waals surface area (Å²) in [6.45, 7) is 4.17. The van der Waals surface area contributed by atoms with Crippen LogP contribution in [0.1, 0.15) is 16.7 Å². The van der Waals surface area contributed by atoms with Crippen molar-refractivity contribution in [2.75, 3.05) is 41.8 Å². The van der Waals surface area contributed by atoms with E-state index in [1.807, 2.05) is 25.4 Å². The number of likely N-dealkylation sites (N-methyl/N-ethyl adjacent to an activating group) is 1. The van der Waals surface area contributed by atoms with E-state index < -0.39 is 0 Å². The maximum atomic E-state index is 4.79. The van der Waals surface area contributed by atoms with Crippen LogP contribution in [-0.2, 0) is 13.0 Å². The fraction of sp³-hybridized carbons (Fsp3) is 0.280. The first-order valence-corrected chi connectivity index (χ1v) is 13.3. The van der Waals surface area contributed by atoms with Gasteiger partial charge in [-0.2, -0.15) is 4.98 Å². The van der Waals surface area contributed by atoms with Crippen molar-refractivity contribution in [2.24, 2.45) is 0 Å². The van der Waals surface area contributed by atoms with E-state index >= 15 is 0 Å². The van der Waals surface area contributed by atoms with E-state index in [4.69, 9.17) is 4.98 Å². The molecule has 180 valence electrons. The third-order valence-corrected chi connectivity index (χ3v) is 7.51. The highest BCUT2D eigenvalue weighted by molar-refractivity contribution is 9.10. The first-order chi connectivity index (χ1) is 16.9. The molecule has 0 fully saturated rings. The summed E-state index contributed by atoms with van der Waals surface area (Å²) in [6, 6.07) is 8.48. The summed E-state index contributed by atoms with van der Waals surface area (Å²) < 4.78 is 2.84. The minimum atomic E-state index is 0.531. The van der Waals surface area contributed by atoms with Gasteiger partial charge in [0.15, 0.2) is 0 Å². The Balaban J connectivity index is 1.48. The monoisotopic (exact) mass is 550 g/mol. The first kappa shape index (κ1) is 23.8. The minimum absolute atomic E-state index is 0.531. The van der Waals surface area contributed by atoms with Gasteiger partial charge in [-0.1, -0.05) is 18.0 Å². The smallest absolute Gasteiger partial charge is 0.229 e. The molecule has 2 aromatic carbocycles. The lowest BCUT2D eigenvalue weighted by molar-refractivity contribution is 0.313. The van der Waals surface area contributed by atoms with Crippen LogP contribution >= 0.6 is 27.9 Å². The molecule has 5 rings (SSSR count). The lowest BCUT2D eigenvalue weighted by Gasteiger charge is -2.26. The molecular formula is C25H27BrN8S. The van der Waals surface area contributed by atoms with Crippen LogP contribution in [0, 0.1) is 6.92 Å². The van der Waals surface area contributed by atoms with E-state index in [1.54, 1.807) is 30.5 Å². The first-order valence-electron chi connectivity index (χ1n) is 11.3. The normalized spacial score (nSPS) is 13.5. The van der Waals surface area contributed by atoms with Crippen LogP contribution in [0.25, 0.3) is 11.0 Å². The summed E-state index contributed by atoms with van der Waals surface area (Å²) in [4.78, 5) is 20.7. The number of benzene rings is 2. The number of hydrogen-bond acceptors (Lipinski definition) is 9. The number of anilines is 5. The molecule has 0 saturated heterocycles. The van der Waals surface area contributed by atoms with Gasteiger partial charge in [0.2, 0.25) is 5.95 Å². The van der Waals surface area contributed by atoms with Crippen molar-refractivity contribution in [3.05, 3.63) is 64.0 Å². The molecular weight excluding hydrogens is 524 g/mol. The van der Waals surface area contributed by atoms with Crippen LogP contribution in [0.3, 0.4) is 0 Å². The minimum Gasteiger partial charge on any atom is -0.337 e. The standard InChI is InChI=1S/C25H27BrN8S/c1-15-11-16-7-10-33(2)14-17(16)12-21(15)31-25-29-13-18(26)24(32-25)30-20-6-5-19-22(28-9-8-27-19)23(20)34(3)35-4/h5-6,8-9,11-13H,7,10,14H2,1-4H3,(H2,29,30,31,32). The summed E-state index contributed by atoms with van der Waals surface area (Å²) in [7, 11) is 4.17. The van der Waals surface area contributed by atoms with Gasteiger partial charge < -0.3 is 19.8 Å². The van der Waals surface area contributed by atoms with E-state index in [9.17, 15) is 0 Å². The summed E-state index contributed by atoms with van der Waals surface area (Å²) in [5.74, 6) is 1.19. The van der Waals surface area contributed by atoms with Gasteiger partial charge in [0.1, 0.15) is 11.3 Å². The highest BCUT2D eigenvalue weighted by Gasteiger charge is 2.18. The van der Waals surface area contributed by atoms with Crippen LogP contribution in [0.4, 0.5) is 28.8 Å². The Bertz CT molecular complexity index is 1400. The molecule has 4 aromatic rings. The Morgan fingerprint density at radius 2 is 1.89 bits per heavy atom. The number of rotatable bonds is 6. The zero-order chi connectivity index (χ0) is 24.5. The zero-order valence-electron chi connectivity index (χ0n) is 20.1. The number of hydrogen-bond donors (Lipinski definition) is 2. The molecule has 1 aliphatic heterocycles. The Kier molecular flexibility index (Phi) is 6.77. The topological polar surface area (TPSA) is 82.1 Å². The number of nitrogens with zero attached hydrogens (tertiary/aromatic N) is 6. The Labute approximate surface area is 217 Å². The maximum Gasteiger partial charge on any atom is 0.229 e. The average molecular weight is 552 g/mol. The van der Waals surface area contributed by atoms with Gasteiger partial charge in [-0.15, -0.1) is 0 Å². The number of aromatic nitrogens is 4. The van der Waals surface area contributed by atoms with Gasteiger partial charge >= 0.3 is 0 Å². The van der Waals surface area contributed by atoms with Crippen LogP contribution in [-0.4, -0.2) is 51.7 Å². The largest absolute Gasteiger partial charge is 0.337 e. The quantitative estimate of drug-likeness (QED) is 0.294. The lowest BCUT2D eigenvalue weighted by atomic mass is 9.96. The van der Waals surface area contributed by atoms with Crippen molar-refractivity contribution in [3.8, 4) is 0 Å². The summed E-state index contributed by atoms with van der Waals surface area (Å²) in [6.07, 6.45) is 8.29. The van der Waals surface area contributed by atoms with E-state index in [-0.39, 0.29) is 0 Å². The molecule has 0 bridgehead atoms. The molecule has 0 aliphatic carbocycles. The highest BCUT2D eigenvalue weighted by Crippen LogP contribution is 2.37. The Morgan fingerprint density at radius 1 is 1.06 bits per heavy atom.